The molecule has 1 N–H and O–H groups in total. The van der Waals surface area contributed by atoms with E-state index in [0.29, 0.717) is 5.92 Å². The molecule has 0 fully saturated rings. The van der Waals surface area contributed by atoms with Crippen LogP contribution in [-0.4, -0.2) is 18.6 Å². The van der Waals surface area contributed by atoms with E-state index in [-0.39, 0.29) is 0 Å². The largest absolute Gasteiger partial charge is 0.477 e. The van der Waals surface area contributed by atoms with E-state index in [2.05, 4.69) is 24.1 Å². The van der Waals surface area contributed by atoms with Crippen molar-refractivity contribution in [1.82, 2.24) is 10.3 Å². The van der Waals surface area contributed by atoms with Crippen molar-refractivity contribution in [2.75, 3.05) is 13.7 Å². The molecule has 0 spiro atoms. The van der Waals surface area contributed by atoms with Crippen molar-refractivity contribution in [2.24, 2.45) is 5.92 Å². The lowest BCUT2D eigenvalue weighted by Gasteiger charge is -2.15. The maximum atomic E-state index is 5.80. The molecule has 3 nitrogen and oxygen atoms in total. The summed E-state index contributed by atoms with van der Waals surface area (Å²) in [5.74, 6) is 1.40. The average Bonchev–Trinajstić information content (AvgIpc) is 2.40. The van der Waals surface area contributed by atoms with Gasteiger partial charge in [-0.15, -0.1) is 0 Å². The fourth-order valence-corrected chi connectivity index (χ4v) is 1.94. The highest BCUT2D eigenvalue weighted by atomic mass is 16.5. The van der Waals surface area contributed by atoms with Crippen LogP contribution in [0.3, 0.4) is 0 Å². The van der Waals surface area contributed by atoms with Gasteiger partial charge in [0, 0.05) is 18.8 Å². The highest BCUT2D eigenvalue weighted by Gasteiger charge is 2.07. The van der Waals surface area contributed by atoms with Crippen LogP contribution in [-0.2, 0) is 6.54 Å². The first-order valence-electron chi connectivity index (χ1n) is 7.02. The van der Waals surface area contributed by atoms with Crippen molar-refractivity contribution < 1.29 is 4.74 Å². The maximum absolute atomic E-state index is 5.80. The Balaban J connectivity index is 2.43. The van der Waals surface area contributed by atoms with Gasteiger partial charge in [-0.05, 0) is 31.0 Å². The third kappa shape index (κ3) is 5.50. The van der Waals surface area contributed by atoms with E-state index in [9.17, 15) is 0 Å². The van der Waals surface area contributed by atoms with Crippen molar-refractivity contribution in [3.63, 3.8) is 0 Å². The molecule has 0 aliphatic heterocycles. The summed E-state index contributed by atoms with van der Waals surface area (Å²) < 4.78 is 5.80. The van der Waals surface area contributed by atoms with Gasteiger partial charge < -0.3 is 10.1 Å². The smallest absolute Gasteiger partial charge is 0.213 e. The zero-order chi connectivity index (χ0) is 13.2. The van der Waals surface area contributed by atoms with Gasteiger partial charge in [0.15, 0.2) is 0 Å². The predicted molar refractivity (Wildman–Crippen MR) is 75.8 cm³/mol. The summed E-state index contributed by atoms with van der Waals surface area (Å²) in [6, 6.07) is 4.03. The summed E-state index contributed by atoms with van der Waals surface area (Å²) in [5.41, 5.74) is 1.21. The zero-order valence-electron chi connectivity index (χ0n) is 11.9. The molecule has 0 radical (unpaired) electrons. The highest BCUT2D eigenvalue weighted by molar-refractivity contribution is 5.20. The molecule has 18 heavy (non-hydrogen) atoms. The minimum Gasteiger partial charge on any atom is -0.477 e. The van der Waals surface area contributed by atoms with Gasteiger partial charge in [0.05, 0.1) is 6.61 Å². The molecule has 1 rings (SSSR count). The van der Waals surface area contributed by atoms with Crippen LogP contribution in [0.2, 0.25) is 0 Å². The van der Waals surface area contributed by atoms with Gasteiger partial charge in [-0.1, -0.05) is 33.1 Å². The van der Waals surface area contributed by atoms with Crippen molar-refractivity contribution >= 4 is 0 Å². The number of hydrogen-bond donors (Lipinski definition) is 1. The lowest BCUT2D eigenvalue weighted by molar-refractivity contribution is 0.225. The van der Waals surface area contributed by atoms with E-state index < -0.39 is 0 Å². The van der Waals surface area contributed by atoms with Crippen LogP contribution in [0.25, 0.3) is 0 Å². The van der Waals surface area contributed by atoms with E-state index in [4.69, 9.17) is 4.74 Å². The molecule has 0 saturated heterocycles. The van der Waals surface area contributed by atoms with E-state index in [1.54, 1.807) is 0 Å². The SMILES string of the molecule is CCCCC(CC)COc1cc(CNC)ccn1. The average molecular weight is 250 g/mol. The first-order valence-corrected chi connectivity index (χ1v) is 7.02. The van der Waals surface area contributed by atoms with Crippen LogP contribution in [0.5, 0.6) is 5.88 Å². The van der Waals surface area contributed by atoms with Gasteiger partial charge in [0.25, 0.3) is 0 Å². The van der Waals surface area contributed by atoms with Crippen LogP contribution in [0.4, 0.5) is 0 Å². The Morgan fingerprint density at radius 3 is 2.89 bits per heavy atom. The van der Waals surface area contributed by atoms with Crippen LogP contribution in [0.15, 0.2) is 18.3 Å². The third-order valence-corrected chi connectivity index (χ3v) is 3.19. The molecule has 0 bridgehead atoms. The standard InChI is InChI=1S/C15H26N2O/c1-4-6-7-13(5-2)12-18-15-10-14(11-16-3)8-9-17-15/h8-10,13,16H,4-7,11-12H2,1-3H3. The van der Waals surface area contributed by atoms with Crippen molar-refractivity contribution in [3.05, 3.63) is 23.9 Å². The quantitative estimate of drug-likeness (QED) is 0.729. The molecule has 0 amide bonds. The van der Waals surface area contributed by atoms with Gasteiger partial charge in [-0.2, -0.15) is 0 Å². The van der Waals surface area contributed by atoms with Crippen molar-refractivity contribution in [1.29, 1.82) is 0 Å². The molecule has 1 aromatic rings. The number of unbranched alkanes of at least 4 members (excludes halogenated alkanes) is 1. The molecule has 102 valence electrons. The fraction of sp³-hybridized carbons (Fsp3) is 0.667. The van der Waals surface area contributed by atoms with Crippen LogP contribution >= 0.6 is 0 Å². The topological polar surface area (TPSA) is 34.1 Å². The van der Waals surface area contributed by atoms with Gasteiger partial charge in [0.2, 0.25) is 5.88 Å². The second-order valence-corrected chi connectivity index (χ2v) is 4.76. The Kier molecular flexibility index (Phi) is 7.42. The Bertz CT molecular complexity index is 328. The Morgan fingerprint density at radius 1 is 1.39 bits per heavy atom. The maximum Gasteiger partial charge on any atom is 0.213 e. The molecule has 1 heterocycles. The molecular formula is C15H26N2O. The lowest BCUT2D eigenvalue weighted by Crippen LogP contribution is -2.12. The first-order chi connectivity index (χ1) is 8.80. The molecular weight excluding hydrogens is 224 g/mol. The normalized spacial score (nSPS) is 12.4. The summed E-state index contributed by atoms with van der Waals surface area (Å²) in [6.07, 6.45) is 6.79. The van der Waals surface area contributed by atoms with Crippen LogP contribution in [0, 0.1) is 5.92 Å². The Morgan fingerprint density at radius 2 is 2.22 bits per heavy atom. The Labute approximate surface area is 111 Å². The third-order valence-electron chi connectivity index (χ3n) is 3.19. The van der Waals surface area contributed by atoms with Crippen LogP contribution < -0.4 is 10.1 Å². The minimum atomic E-state index is 0.653. The molecule has 1 unspecified atom stereocenters. The molecule has 0 saturated carbocycles. The first kappa shape index (κ1) is 15.0. The van der Waals surface area contributed by atoms with Gasteiger partial charge in [0.1, 0.15) is 0 Å². The van der Waals surface area contributed by atoms with E-state index in [1.165, 1.54) is 31.2 Å². The molecule has 1 aromatic heterocycles. The summed E-state index contributed by atoms with van der Waals surface area (Å²) >= 11 is 0. The summed E-state index contributed by atoms with van der Waals surface area (Å²) in [6.45, 7) is 6.10. The molecule has 1 atom stereocenters. The molecule has 0 aliphatic carbocycles. The lowest BCUT2D eigenvalue weighted by atomic mass is 10.0. The van der Waals surface area contributed by atoms with Gasteiger partial charge in [-0.25, -0.2) is 4.98 Å². The summed E-state index contributed by atoms with van der Waals surface area (Å²) in [7, 11) is 1.94. The fourth-order valence-electron chi connectivity index (χ4n) is 1.94. The highest BCUT2D eigenvalue weighted by Crippen LogP contribution is 2.15. The van der Waals surface area contributed by atoms with E-state index in [1.807, 2.05) is 25.4 Å². The van der Waals surface area contributed by atoms with Crippen molar-refractivity contribution in [2.45, 2.75) is 46.1 Å². The molecule has 0 aliphatic rings. The predicted octanol–water partition coefficient (Wildman–Crippen LogP) is 3.40. The van der Waals surface area contributed by atoms with Gasteiger partial charge in [-0.3, -0.25) is 0 Å². The second-order valence-electron chi connectivity index (χ2n) is 4.76. The molecule has 0 aromatic carbocycles. The number of rotatable bonds is 9. The summed E-state index contributed by atoms with van der Waals surface area (Å²) in [5, 5.41) is 3.13. The second kappa shape index (κ2) is 8.92. The van der Waals surface area contributed by atoms with Crippen LogP contribution in [0.1, 0.15) is 45.1 Å². The van der Waals surface area contributed by atoms with Gasteiger partial charge >= 0.3 is 0 Å². The molecule has 3 heteroatoms. The minimum absolute atomic E-state index is 0.653. The number of pyridine rings is 1. The number of nitrogens with zero attached hydrogens (tertiary/aromatic N) is 1. The number of hydrogen-bond acceptors (Lipinski definition) is 3. The van der Waals surface area contributed by atoms with E-state index in [0.717, 1.165) is 19.0 Å². The van der Waals surface area contributed by atoms with E-state index >= 15 is 0 Å². The number of ether oxygens (including phenoxy) is 1. The zero-order valence-corrected chi connectivity index (χ0v) is 11.9. The van der Waals surface area contributed by atoms with Crippen molar-refractivity contribution in [3.8, 4) is 5.88 Å². The summed E-state index contributed by atoms with van der Waals surface area (Å²) in [4.78, 5) is 4.26. The monoisotopic (exact) mass is 250 g/mol. The number of aromatic nitrogens is 1. The number of nitrogens with one attached hydrogen (secondary N) is 1. The Hall–Kier alpha value is -1.09.